The van der Waals surface area contributed by atoms with E-state index in [4.69, 9.17) is 14.2 Å². The van der Waals surface area contributed by atoms with Gasteiger partial charge in [-0.05, 0) is 57.8 Å². The minimum absolute atomic E-state index is 0.0691. The van der Waals surface area contributed by atoms with Gasteiger partial charge >= 0.3 is 17.9 Å². The smallest absolute Gasteiger partial charge is 0.306 e. The highest BCUT2D eigenvalue weighted by Crippen LogP contribution is 2.19. The van der Waals surface area contributed by atoms with E-state index in [1.165, 1.54) is 276 Å². The van der Waals surface area contributed by atoms with Crippen molar-refractivity contribution < 1.29 is 28.6 Å². The molecule has 0 aliphatic carbocycles. The van der Waals surface area contributed by atoms with Gasteiger partial charge in [0.25, 0.3) is 0 Å². The lowest BCUT2D eigenvalue weighted by Gasteiger charge is -2.18. The molecule has 82 heavy (non-hydrogen) atoms. The highest BCUT2D eigenvalue weighted by Gasteiger charge is 2.19. The van der Waals surface area contributed by atoms with Crippen LogP contribution in [0.5, 0.6) is 0 Å². The molecule has 0 aliphatic heterocycles. The normalized spacial score (nSPS) is 12.3. The molecule has 0 fully saturated rings. The predicted molar refractivity (Wildman–Crippen MR) is 358 cm³/mol. The number of carbonyl (C=O) groups excluding carboxylic acids is 3. The van der Waals surface area contributed by atoms with Gasteiger partial charge in [0.1, 0.15) is 13.2 Å². The minimum Gasteiger partial charge on any atom is -0.462 e. The maximum Gasteiger partial charge on any atom is 0.306 e. The summed E-state index contributed by atoms with van der Waals surface area (Å²) in [5.74, 6) is -0.847. The number of rotatable bonds is 68. The van der Waals surface area contributed by atoms with Gasteiger partial charge in [-0.2, -0.15) is 0 Å². The van der Waals surface area contributed by atoms with E-state index in [1.54, 1.807) is 0 Å². The Morgan fingerprint density at radius 1 is 0.256 bits per heavy atom. The third kappa shape index (κ3) is 68.2. The second-order valence-electron chi connectivity index (χ2n) is 24.8. The summed E-state index contributed by atoms with van der Waals surface area (Å²) in [6.45, 7) is 6.59. The SMILES string of the molecule is CC/C=C\C/C=C\C/C=C\C/C=C\CCCCCCCCCCCCC(=O)OC(COC(=O)CCCCCCCCCCCCC)COC(=O)CCCCCCCCCCCCCCCCCCCCCCCCCCCCCCCC. The van der Waals surface area contributed by atoms with Gasteiger partial charge in [-0.25, -0.2) is 0 Å². The summed E-state index contributed by atoms with van der Waals surface area (Å²) < 4.78 is 17.0. The molecule has 0 heterocycles. The third-order valence-electron chi connectivity index (χ3n) is 16.6. The first-order valence-electron chi connectivity index (χ1n) is 36.6. The van der Waals surface area contributed by atoms with Crippen molar-refractivity contribution in [2.75, 3.05) is 13.2 Å². The first-order chi connectivity index (χ1) is 40.5. The highest BCUT2D eigenvalue weighted by atomic mass is 16.6. The van der Waals surface area contributed by atoms with Gasteiger partial charge in [0, 0.05) is 19.3 Å². The summed E-state index contributed by atoms with van der Waals surface area (Å²) in [6, 6.07) is 0. The van der Waals surface area contributed by atoms with Crippen molar-refractivity contribution in [1.29, 1.82) is 0 Å². The second kappa shape index (κ2) is 70.9. The van der Waals surface area contributed by atoms with E-state index in [0.717, 1.165) is 83.5 Å². The molecule has 0 aromatic carbocycles. The van der Waals surface area contributed by atoms with E-state index in [0.29, 0.717) is 19.3 Å². The zero-order valence-electron chi connectivity index (χ0n) is 55.3. The van der Waals surface area contributed by atoms with E-state index < -0.39 is 6.10 Å². The Bertz CT molecular complexity index is 1410. The van der Waals surface area contributed by atoms with E-state index in [1.807, 2.05) is 0 Å². The molecule has 1 atom stereocenters. The van der Waals surface area contributed by atoms with Crippen LogP contribution in [0.2, 0.25) is 0 Å². The standard InChI is InChI=1S/C76H140O6/c1-4-7-10-13-16-19-22-24-26-28-30-32-34-35-36-37-38-39-40-42-43-45-47-49-51-54-57-60-63-66-69-75(78)81-72-73(71-80-74(77)68-65-62-59-56-53-21-18-15-12-9-6-3)82-76(79)70-67-64-61-58-55-52-50-48-46-44-41-33-31-29-27-25-23-20-17-14-11-8-5-2/h8,11,17,20,25,27,31,33,73H,4-7,9-10,12-16,18-19,21-24,26,28-30,32,34-72H2,1-3H3/b11-8-,20-17-,27-25-,33-31-. The van der Waals surface area contributed by atoms with Crippen molar-refractivity contribution in [3.05, 3.63) is 48.6 Å². The number of ether oxygens (including phenoxy) is 3. The van der Waals surface area contributed by atoms with Gasteiger partial charge in [0.2, 0.25) is 0 Å². The number of carbonyl (C=O) groups is 3. The Hall–Kier alpha value is -2.63. The molecular weight excluding hydrogens is 1010 g/mol. The third-order valence-corrected chi connectivity index (χ3v) is 16.6. The molecule has 0 rings (SSSR count). The zero-order valence-corrected chi connectivity index (χ0v) is 55.3. The number of hydrogen-bond acceptors (Lipinski definition) is 6. The van der Waals surface area contributed by atoms with Crippen LogP contribution in [-0.2, 0) is 28.6 Å². The van der Waals surface area contributed by atoms with Crippen molar-refractivity contribution in [2.24, 2.45) is 0 Å². The van der Waals surface area contributed by atoms with Crippen LogP contribution in [0.3, 0.4) is 0 Å². The van der Waals surface area contributed by atoms with Crippen molar-refractivity contribution in [2.45, 2.75) is 406 Å². The zero-order chi connectivity index (χ0) is 59.2. The van der Waals surface area contributed by atoms with Gasteiger partial charge in [-0.1, -0.05) is 371 Å². The number of esters is 3. The van der Waals surface area contributed by atoms with Gasteiger partial charge in [-0.3, -0.25) is 14.4 Å². The monoisotopic (exact) mass is 1150 g/mol. The van der Waals surface area contributed by atoms with Crippen LogP contribution in [0.4, 0.5) is 0 Å². The van der Waals surface area contributed by atoms with Crippen LogP contribution in [0, 0.1) is 0 Å². The lowest BCUT2D eigenvalue weighted by molar-refractivity contribution is -0.167. The highest BCUT2D eigenvalue weighted by molar-refractivity contribution is 5.71. The summed E-state index contributed by atoms with van der Waals surface area (Å²) in [5, 5.41) is 0. The van der Waals surface area contributed by atoms with Gasteiger partial charge in [-0.15, -0.1) is 0 Å². The van der Waals surface area contributed by atoms with Crippen LogP contribution in [0.1, 0.15) is 400 Å². The fourth-order valence-corrected chi connectivity index (χ4v) is 11.1. The number of allylic oxidation sites excluding steroid dienone is 8. The molecule has 6 heteroatoms. The Morgan fingerprint density at radius 3 is 0.744 bits per heavy atom. The molecule has 1 unspecified atom stereocenters. The lowest BCUT2D eigenvalue weighted by atomic mass is 10.0. The fourth-order valence-electron chi connectivity index (χ4n) is 11.1. The summed E-state index contributed by atoms with van der Waals surface area (Å²) >= 11 is 0. The van der Waals surface area contributed by atoms with Crippen LogP contribution in [-0.4, -0.2) is 37.2 Å². The maximum atomic E-state index is 12.9. The molecule has 0 radical (unpaired) electrons. The first kappa shape index (κ1) is 79.4. The average Bonchev–Trinajstić information content (AvgIpc) is 3.48. The van der Waals surface area contributed by atoms with Crippen LogP contribution >= 0.6 is 0 Å². The Labute approximate surface area is 511 Å². The molecule has 0 aromatic heterocycles. The van der Waals surface area contributed by atoms with E-state index >= 15 is 0 Å². The van der Waals surface area contributed by atoms with Crippen molar-refractivity contribution >= 4 is 17.9 Å². The average molecular weight is 1150 g/mol. The van der Waals surface area contributed by atoms with Gasteiger partial charge < -0.3 is 14.2 Å². The molecule has 0 spiro atoms. The predicted octanol–water partition coefficient (Wildman–Crippen LogP) is 25.3. The molecule has 480 valence electrons. The summed E-state index contributed by atoms with van der Waals surface area (Å²) in [5.41, 5.74) is 0. The van der Waals surface area contributed by atoms with E-state index in [9.17, 15) is 14.4 Å². The van der Waals surface area contributed by atoms with Crippen molar-refractivity contribution in [3.8, 4) is 0 Å². The Kier molecular flexibility index (Phi) is 68.6. The minimum atomic E-state index is -0.773. The molecule has 0 aliphatic rings. The number of hydrogen-bond donors (Lipinski definition) is 0. The largest absolute Gasteiger partial charge is 0.462 e. The molecule has 0 bridgehead atoms. The Balaban J connectivity index is 4.13. The van der Waals surface area contributed by atoms with Gasteiger partial charge in [0.15, 0.2) is 6.10 Å². The molecular formula is C76H140O6. The molecule has 0 amide bonds. The molecule has 0 saturated carbocycles. The molecule has 6 nitrogen and oxygen atoms in total. The summed E-state index contributed by atoms with van der Waals surface area (Å²) in [4.78, 5) is 38.4. The molecule has 0 aromatic rings. The topological polar surface area (TPSA) is 78.9 Å². The van der Waals surface area contributed by atoms with Crippen LogP contribution < -0.4 is 0 Å². The van der Waals surface area contributed by atoms with Crippen LogP contribution in [0.15, 0.2) is 48.6 Å². The first-order valence-corrected chi connectivity index (χ1v) is 36.6. The quantitative estimate of drug-likeness (QED) is 0.0261. The van der Waals surface area contributed by atoms with Crippen molar-refractivity contribution in [1.82, 2.24) is 0 Å². The molecule has 0 N–H and O–H groups in total. The summed E-state index contributed by atoms with van der Waals surface area (Å²) in [7, 11) is 0. The summed E-state index contributed by atoms with van der Waals surface area (Å²) in [6.07, 6.45) is 90.2. The fraction of sp³-hybridized carbons (Fsp3) is 0.855. The lowest BCUT2D eigenvalue weighted by Crippen LogP contribution is -2.30. The van der Waals surface area contributed by atoms with Crippen LogP contribution in [0.25, 0.3) is 0 Å². The van der Waals surface area contributed by atoms with Gasteiger partial charge in [0.05, 0.1) is 0 Å². The second-order valence-corrected chi connectivity index (χ2v) is 24.8. The Morgan fingerprint density at radius 2 is 0.476 bits per heavy atom. The van der Waals surface area contributed by atoms with E-state index in [-0.39, 0.29) is 31.1 Å². The molecule has 0 saturated heterocycles. The maximum absolute atomic E-state index is 12.9. The van der Waals surface area contributed by atoms with Crippen molar-refractivity contribution in [3.63, 3.8) is 0 Å². The number of unbranched alkanes of at least 4 members (excludes halogenated alkanes) is 49. The van der Waals surface area contributed by atoms with E-state index in [2.05, 4.69) is 69.4 Å².